The Balaban J connectivity index is 0.000000490. The number of hydrogen-bond acceptors (Lipinski definition) is 4. The van der Waals surface area contributed by atoms with Gasteiger partial charge in [0.25, 0.3) is 0 Å². The number of hydrogen-bond donors (Lipinski definition) is 1. The van der Waals surface area contributed by atoms with Gasteiger partial charge in [0.05, 0.1) is 12.1 Å². The summed E-state index contributed by atoms with van der Waals surface area (Å²) in [7, 11) is -3.34. The van der Waals surface area contributed by atoms with Crippen molar-refractivity contribution in [1.29, 1.82) is 0 Å². The SMILES string of the molecule is C/C=C\CS(=O)(=O)N1Cc2ccccc2N(CC)C(CCc2ccccc2)C1.C=CC.c1c[nH]cn1. The fourth-order valence-corrected chi connectivity index (χ4v) is 5.49. The molecule has 0 fully saturated rings. The zero-order valence-corrected chi connectivity index (χ0v) is 22.6. The number of allylic oxidation sites excluding steroid dienone is 2. The molecule has 6 nitrogen and oxygen atoms in total. The summed E-state index contributed by atoms with van der Waals surface area (Å²) in [4.78, 5) is 8.80. The van der Waals surface area contributed by atoms with Gasteiger partial charge in [-0.05, 0) is 50.8 Å². The number of aromatic amines is 1. The molecule has 3 aromatic rings. The first-order chi connectivity index (χ1) is 17.5. The van der Waals surface area contributed by atoms with Gasteiger partial charge in [-0.1, -0.05) is 66.8 Å². The molecular formula is C29H40N4O2S. The van der Waals surface area contributed by atoms with Crippen LogP contribution in [0.3, 0.4) is 0 Å². The van der Waals surface area contributed by atoms with Crippen molar-refractivity contribution in [2.24, 2.45) is 0 Å². The molecule has 2 heterocycles. The average molecular weight is 509 g/mol. The van der Waals surface area contributed by atoms with Crippen molar-refractivity contribution in [3.63, 3.8) is 0 Å². The van der Waals surface area contributed by atoms with Crippen molar-refractivity contribution >= 4 is 15.7 Å². The number of aryl methyl sites for hydroxylation is 1. The lowest BCUT2D eigenvalue weighted by Crippen LogP contribution is -2.44. The number of aromatic nitrogens is 2. The number of nitrogens with one attached hydrogen (secondary N) is 1. The Labute approximate surface area is 217 Å². The van der Waals surface area contributed by atoms with E-state index in [1.165, 1.54) is 5.56 Å². The Bertz CT molecular complexity index is 1110. The van der Waals surface area contributed by atoms with E-state index in [2.05, 4.69) is 64.8 Å². The first-order valence-corrected chi connectivity index (χ1v) is 14.0. The number of likely N-dealkylation sites (N-methyl/N-ethyl adjacent to an activating group) is 1. The molecule has 2 aromatic carbocycles. The summed E-state index contributed by atoms with van der Waals surface area (Å²) in [6, 6.07) is 18.8. The summed E-state index contributed by atoms with van der Waals surface area (Å²) < 4.78 is 27.6. The molecule has 0 saturated carbocycles. The topological polar surface area (TPSA) is 69.3 Å². The van der Waals surface area contributed by atoms with Crippen LogP contribution < -0.4 is 4.90 Å². The minimum Gasteiger partial charge on any atom is -0.367 e. The van der Waals surface area contributed by atoms with Gasteiger partial charge < -0.3 is 9.88 Å². The van der Waals surface area contributed by atoms with E-state index in [0.717, 1.165) is 30.6 Å². The number of para-hydroxylation sites is 1. The Morgan fingerprint density at radius 2 is 1.81 bits per heavy atom. The Hall–Kier alpha value is -3.16. The van der Waals surface area contributed by atoms with Crippen LogP contribution in [-0.2, 0) is 23.0 Å². The molecule has 1 unspecified atom stereocenters. The number of nitrogens with zero attached hydrogens (tertiary/aromatic N) is 3. The molecule has 0 amide bonds. The fourth-order valence-electron chi connectivity index (χ4n) is 4.11. The molecule has 1 aliphatic rings. The van der Waals surface area contributed by atoms with Crippen LogP contribution in [0.2, 0.25) is 0 Å². The monoisotopic (exact) mass is 508 g/mol. The second-order valence-corrected chi connectivity index (χ2v) is 10.4. The van der Waals surface area contributed by atoms with Crippen molar-refractivity contribution in [2.75, 3.05) is 23.7 Å². The van der Waals surface area contributed by atoms with Gasteiger partial charge in [-0.15, -0.1) is 6.58 Å². The number of sulfonamides is 1. The standard InChI is InChI=1S/C23H30N2O2S.C3H4N2.C3H6/c1-3-5-17-28(26,27)24-18-21-13-9-10-14-23(21)25(4-2)22(19-24)16-15-20-11-7-6-8-12-20;1-2-5-3-4-1;1-3-2/h3,5-14,22H,4,15-19H2,1-2H3;1-3H,(H,4,5);3H,1H2,2H3/b5-3-;;. The number of rotatable bonds is 7. The van der Waals surface area contributed by atoms with Crippen LogP contribution in [0.15, 0.2) is 98.1 Å². The Kier molecular flexibility index (Phi) is 12.7. The normalized spacial score (nSPS) is 15.6. The molecule has 1 aliphatic heterocycles. The summed E-state index contributed by atoms with van der Waals surface area (Å²) in [5, 5.41) is 0. The second kappa shape index (κ2) is 15.8. The first-order valence-electron chi connectivity index (χ1n) is 12.4. The number of benzene rings is 2. The molecule has 4 rings (SSSR count). The van der Waals surface area contributed by atoms with Gasteiger partial charge in [0.1, 0.15) is 0 Å². The maximum Gasteiger partial charge on any atom is 0.218 e. The minimum atomic E-state index is -3.34. The van der Waals surface area contributed by atoms with Gasteiger partial charge in [-0.2, -0.15) is 4.31 Å². The highest BCUT2D eigenvalue weighted by Crippen LogP contribution is 2.30. The number of imidazole rings is 1. The summed E-state index contributed by atoms with van der Waals surface area (Å²) in [6.45, 7) is 11.1. The van der Waals surface area contributed by atoms with Crippen molar-refractivity contribution in [3.8, 4) is 0 Å². The van der Waals surface area contributed by atoms with E-state index in [-0.39, 0.29) is 11.8 Å². The number of fused-ring (bicyclic) bond motifs is 1. The van der Waals surface area contributed by atoms with E-state index in [4.69, 9.17) is 0 Å². The number of H-pyrrole nitrogens is 1. The lowest BCUT2D eigenvalue weighted by atomic mass is 10.0. The van der Waals surface area contributed by atoms with Gasteiger partial charge in [0, 0.05) is 43.8 Å². The van der Waals surface area contributed by atoms with Crippen LogP contribution in [0, 0.1) is 0 Å². The highest BCUT2D eigenvalue weighted by molar-refractivity contribution is 7.89. The number of anilines is 1. The third kappa shape index (κ3) is 9.13. The van der Waals surface area contributed by atoms with Crippen LogP contribution in [0.1, 0.15) is 38.3 Å². The summed E-state index contributed by atoms with van der Waals surface area (Å²) in [5.41, 5.74) is 3.53. The molecule has 0 radical (unpaired) electrons. The van der Waals surface area contributed by atoms with Gasteiger partial charge in [0.2, 0.25) is 10.0 Å². The predicted molar refractivity (Wildman–Crippen MR) is 151 cm³/mol. The summed E-state index contributed by atoms with van der Waals surface area (Å²) in [6.07, 6.45) is 12.2. The van der Waals surface area contributed by atoms with E-state index < -0.39 is 10.0 Å². The average Bonchev–Trinajstić information content (AvgIpc) is 3.43. The molecule has 1 atom stereocenters. The van der Waals surface area contributed by atoms with Crippen molar-refractivity contribution in [2.45, 2.75) is 46.2 Å². The third-order valence-electron chi connectivity index (χ3n) is 5.79. The fraction of sp³-hybridized carbons (Fsp3) is 0.345. The van der Waals surface area contributed by atoms with Crippen molar-refractivity contribution in [3.05, 3.63) is 109 Å². The van der Waals surface area contributed by atoms with Crippen LogP contribution >= 0.6 is 0 Å². The van der Waals surface area contributed by atoms with E-state index in [1.807, 2.05) is 32.0 Å². The molecule has 0 saturated heterocycles. The smallest absolute Gasteiger partial charge is 0.218 e. The van der Waals surface area contributed by atoms with Crippen LogP contribution in [0.4, 0.5) is 5.69 Å². The highest BCUT2D eigenvalue weighted by atomic mass is 32.2. The van der Waals surface area contributed by atoms with Crippen LogP contribution in [0.25, 0.3) is 0 Å². The molecule has 0 aliphatic carbocycles. The molecule has 194 valence electrons. The third-order valence-corrected chi connectivity index (χ3v) is 7.47. The molecular weight excluding hydrogens is 468 g/mol. The quantitative estimate of drug-likeness (QED) is 0.407. The van der Waals surface area contributed by atoms with Crippen LogP contribution in [-0.4, -0.2) is 47.6 Å². The maximum absolute atomic E-state index is 13.0. The highest BCUT2D eigenvalue weighted by Gasteiger charge is 2.32. The summed E-state index contributed by atoms with van der Waals surface area (Å²) in [5.74, 6) is 0.0587. The van der Waals surface area contributed by atoms with E-state index in [9.17, 15) is 8.42 Å². The molecule has 0 spiro atoms. The molecule has 7 heteroatoms. The molecule has 0 bridgehead atoms. The lowest BCUT2D eigenvalue weighted by Gasteiger charge is -2.33. The molecule has 1 N–H and O–H groups in total. The van der Waals surface area contributed by atoms with E-state index in [1.54, 1.807) is 41.3 Å². The largest absolute Gasteiger partial charge is 0.367 e. The van der Waals surface area contributed by atoms with Crippen LogP contribution in [0.5, 0.6) is 0 Å². The first kappa shape index (κ1) is 29.1. The molecule has 1 aromatic heterocycles. The maximum atomic E-state index is 13.0. The Morgan fingerprint density at radius 3 is 2.39 bits per heavy atom. The minimum absolute atomic E-state index is 0.0587. The van der Waals surface area contributed by atoms with Gasteiger partial charge in [-0.25, -0.2) is 13.4 Å². The second-order valence-electron chi connectivity index (χ2n) is 8.40. The zero-order chi connectivity index (χ0) is 26.2. The van der Waals surface area contributed by atoms with Gasteiger partial charge in [-0.3, -0.25) is 0 Å². The van der Waals surface area contributed by atoms with Gasteiger partial charge in [0.15, 0.2) is 0 Å². The Morgan fingerprint density at radius 1 is 1.11 bits per heavy atom. The van der Waals surface area contributed by atoms with Crippen molar-refractivity contribution < 1.29 is 8.42 Å². The lowest BCUT2D eigenvalue weighted by molar-refractivity contribution is 0.373. The molecule has 36 heavy (non-hydrogen) atoms. The van der Waals surface area contributed by atoms with E-state index >= 15 is 0 Å². The van der Waals surface area contributed by atoms with Gasteiger partial charge >= 0.3 is 0 Å². The van der Waals surface area contributed by atoms with E-state index in [0.29, 0.717) is 13.1 Å². The summed E-state index contributed by atoms with van der Waals surface area (Å²) >= 11 is 0. The van der Waals surface area contributed by atoms with Crippen molar-refractivity contribution in [1.82, 2.24) is 14.3 Å². The zero-order valence-electron chi connectivity index (χ0n) is 21.8. The predicted octanol–water partition coefficient (Wildman–Crippen LogP) is 5.84.